The Hall–Kier alpha value is -2.60. The van der Waals surface area contributed by atoms with Crippen molar-refractivity contribution < 1.29 is 9.53 Å². The van der Waals surface area contributed by atoms with Crippen LogP contribution < -0.4 is 4.74 Å². The molecule has 0 atom stereocenters. The largest absolute Gasteiger partial charge is 0.490 e. The second-order valence-corrected chi connectivity index (χ2v) is 7.32. The van der Waals surface area contributed by atoms with E-state index in [0.717, 1.165) is 28.3 Å². The second kappa shape index (κ2) is 8.61. The summed E-state index contributed by atoms with van der Waals surface area (Å²) in [7, 11) is 1.79. The van der Waals surface area contributed by atoms with E-state index in [1.165, 1.54) is 0 Å². The Morgan fingerprint density at radius 1 is 1.25 bits per heavy atom. The van der Waals surface area contributed by atoms with Gasteiger partial charge in [-0.05, 0) is 44.9 Å². The van der Waals surface area contributed by atoms with E-state index >= 15 is 0 Å². The molecule has 0 spiro atoms. The van der Waals surface area contributed by atoms with E-state index in [1.807, 2.05) is 49.6 Å². The summed E-state index contributed by atoms with van der Waals surface area (Å²) in [5.41, 5.74) is 4.83. The molecule has 0 fully saturated rings. The number of nitrogens with zero attached hydrogens (tertiary/aromatic N) is 4. The number of para-hydroxylation sites is 1. The standard InChI is InChI=1S/C21H25ClN4O2/c1-14-13-20-23-15(2)17(16(3)26(20)24-14)9-10-21(27)25(4)11-12-28-19-8-6-5-7-18(19)22/h5-8,13H,9-12H2,1-4H3. The molecule has 6 nitrogen and oxygen atoms in total. The lowest BCUT2D eigenvalue weighted by Crippen LogP contribution is -2.31. The fraction of sp³-hybridized carbons (Fsp3) is 0.381. The smallest absolute Gasteiger partial charge is 0.222 e. The quantitative estimate of drug-likeness (QED) is 0.605. The highest BCUT2D eigenvalue weighted by Crippen LogP contribution is 2.23. The summed E-state index contributed by atoms with van der Waals surface area (Å²) in [4.78, 5) is 18.8. The van der Waals surface area contributed by atoms with Crippen molar-refractivity contribution >= 4 is 23.2 Å². The number of ether oxygens (including phenoxy) is 1. The van der Waals surface area contributed by atoms with E-state index in [-0.39, 0.29) is 5.91 Å². The van der Waals surface area contributed by atoms with Crippen LogP contribution in [0.3, 0.4) is 0 Å². The number of likely N-dealkylation sites (N-methyl/N-ethyl adjacent to an activating group) is 1. The van der Waals surface area contributed by atoms with Crippen molar-refractivity contribution in [2.24, 2.45) is 0 Å². The number of fused-ring (bicyclic) bond motifs is 1. The van der Waals surface area contributed by atoms with Gasteiger partial charge in [-0.15, -0.1) is 0 Å². The lowest BCUT2D eigenvalue weighted by molar-refractivity contribution is -0.130. The predicted octanol–water partition coefficient (Wildman–Crippen LogP) is 3.78. The van der Waals surface area contributed by atoms with Crippen LogP contribution in [-0.4, -0.2) is 45.6 Å². The number of benzene rings is 1. The van der Waals surface area contributed by atoms with Crippen LogP contribution >= 0.6 is 11.6 Å². The number of aryl methyl sites for hydroxylation is 3. The molecule has 3 rings (SSSR count). The van der Waals surface area contributed by atoms with Gasteiger partial charge >= 0.3 is 0 Å². The average molecular weight is 401 g/mol. The summed E-state index contributed by atoms with van der Waals surface area (Å²) in [6.07, 6.45) is 1.05. The van der Waals surface area contributed by atoms with Gasteiger partial charge in [-0.25, -0.2) is 9.50 Å². The third-order valence-corrected chi connectivity index (χ3v) is 5.13. The maximum atomic E-state index is 12.5. The number of carbonyl (C=O) groups excluding carboxylic acids is 1. The molecule has 28 heavy (non-hydrogen) atoms. The molecule has 7 heteroatoms. The van der Waals surface area contributed by atoms with Crippen LogP contribution in [0.15, 0.2) is 30.3 Å². The molecular formula is C21H25ClN4O2. The highest BCUT2D eigenvalue weighted by molar-refractivity contribution is 6.32. The summed E-state index contributed by atoms with van der Waals surface area (Å²) in [6, 6.07) is 9.28. The fourth-order valence-corrected chi connectivity index (χ4v) is 3.40. The van der Waals surface area contributed by atoms with E-state index in [4.69, 9.17) is 16.3 Å². The Morgan fingerprint density at radius 3 is 2.75 bits per heavy atom. The molecule has 0 saturated carbocycles. The molecule has 0 radical (unpaired) electrons. The van der Waals surface area contributed by atoms with Gasteiger partial charge in [0.1, 0.15) is 12.4 Å². The molecule has 2 aromatic heterocycles. The maximum absolute atomic E-state index is 12.5. The number of aromatic nitrogens is 3. The first kappa shape index (κ1) is 20.1. The highest BCUT2D eigenvalue weighted by atomic mass is 35.5. The van der Waals surface area contributed by atoms with Crippen molar-refractivity contribution in [3.63, 3.8) is 0 Å². The van der Waals surface area contributed by atoms with Crippen molar-refractivity contribution in [1.82, 2.24) is 19.5 Å². The zero-order chi connectivity index (χ0) is 20.3. The lowest BCUT2D eigenvalue weighted by Gasteiger charge is -2.18. The van der Waals surface area contributed by atoms with Gasteiger partial charge in [0.25, 0.3) is 0 Å². The van der Waals surface area contributed by atoms with Gasteiger partial charge in [-0.3, -0.25) is 4.79 Å². The van der Waals surface area contributed by atoms with Gasteiger partial charge < -0.3 is 9.64 Å². The number of amides is 1. The van der Waals surface area contributed by atoms with Crippen molar-refractivity contribution in [3.05, 3.63) is 58.0 Å². The van der Waals surface area contributed by atoms with Crippen LogP contribution in [0, 0.1) is 20.8 Å². The van der Waals surface area contributed by atoms with Crippen molar-refractivity contribution in [3.8, 4) is 5.75 Å². The van der Waals surface area contributed by atoms with Gasteiger partial charge in [0.05, 0.1) is 17.3 Å². The zero-order valence-corrected chi connectivity index (χ0v) is 17.5. The van der Waals surface area contributed by atoms with E-state index in [9.17, 15) is 4.79 Å². The third kappa shape index (κ3) is 4.44. The number of rotatable bonds is 7. The summed E-state index contributed by atoms with van der Waals surface area (Å²) < 4.78 is 7.51. The number of hydrogen-bond acceptors (Lipinski definition) is 4. The van der Waals surface area contributed by atoms with Crippen LogP contribution in [0.25, 0.3) is 5.65 Å². The molecule has 0 bridgehead atoms. The molecule has 0 saturated heterocycles. The van der Waals surface area contributed by atoms with Crippen molar-refractivity contribution in [2.45, 2.75) is 33.6 Å². The predicted molar refractivity (Wildman–Crippen MR) is 110 cm³/mol. The molecule has 0 aliphatic rings. The fourth-order valence-electron chi connectivity index (χ4n) is 3.20. The molecule has 0 unspecified atom stereocenters. The van der Waals surface area contributed by atoms with Crippen LogP contribution in [0.1, 0.15) is 29.1 Å². The van der Waals surface area contributed by atoms with Crippen LogP contribution in [-0.2, 0) is 11.2 Å². The lowest BCUT2D eigenvalue weighted by atomic mass is 10.1. The SMILES string of the molecule is Cc1cc2nc(C)c(CCC(=O)N(C)CCOc3ccccc3Cl)c(C)n2n1. The third-order valence-electron chi connectivity index (χ3n) is 4.82. The molecule has 148 valence electrons. The molecule has 0 aliphatic carbocycles. The Morgan fingerprint density at radius 2 is 2.00 bits per heavy atom. The Labute approximate surface area is 170 Å². The molecule has 1 amide bonds. The number of halogens is 1. The Balaban J connectivity index is 1.56. The molecule has 0 aliphatic heterocycles. The summed E-state index contributed by atoms with van der Waals surface area (Å²) >= 11 is 6.07. The first-order valence-electron chi connectivity index (χ1n) is 9.30. The maximum Gasteiger partial charge on any atom is 0.222 e. The monoisotopic (exact) mass is 400 g/mol. The summed E-state index contributed by atoms with van der Waals surface area (Å²) in [6.45, 7) is 6.85. The van der Waals surface area contributed by atoms with E-state index in [1.54, 1.807) is 18.0 Å². The van der Waals surface area contributed by atoms with Gasteiger partial charge in [0.15, 0.2) is 5.65 Å². The minimum Gasteiger partial charge on any atom is -0.490 e. The Bertz CT molecular complexity index is 999. The molecule has 3 aromatic rings. The minimum atomic E-state index is 0.0679. The van der Waals surface area contributed by atoms with Crippen LogP contribution in [0.2, 0.25) is 5.02 Å². The van der Waals surface area contributed by atoms with Gasteiger partial charge in [0.2, 0.25) is 5.91 Å². The number of carbonyl (C=O) groups is 1. The minimum absolute atomic E-state index is 0.0679. The first-order chi connectivity index (χ1) is 13.4. The normalized spacial score (nSPS) is 11.0. The zero-order valence-electron chi connectivity index (χ0n) is 16.7. The Kier molecular flexibility index (Phi) is 6.19. The van der Waals surface area contributed by atoms with E-state index < -0.39 is 0 Å². The molecule has 2 heterocycles. The molecule has 1 aromatic carbocycles. The van der Waals surface area contributed by atoms with Crippen LogP contribution in [0.4, 0.5) is 0 Å². The van der Waals surface area contributed by atoms with Crippen LogP contribution in [0.5, 0.6) is 5.75 Å². The van der Waals surface area contributed by atoms with Gasteiger partial charge in [-0.2, -0.15) is 5.10 Å². The average Bonchev–Trinajstić information content (AvgIpc) is 3.03. The van der Waals surface area contributed by atoms with Gasteiger partial charge in [0, 0.05) is 30.9 Å². The first-order valence-corrected chi connectivity index (χ1v) is 9.68. The van der Waals surface area contributed by atoms with Crippen molar-refractivity contribution in [1.29, 1.82) is 0 Å². The topological polar surface area (TPSA) is 59.7 Å². The van der Waals surface area contributed by atoms with E-state index in [2.05, 4.69) is 10.1 Å². The van der Waals surface area contributed by atoms with Gasteiger partial charge in [-0.1, -0.05) is 23.7 Å². The highest BCUT2D eigenvalue weighted by Gasteiger charge is 2.15. The van der Waals surface area contributed by atoms with E-state index in [0.29, 0.717) is 36.8 Å². The van der Waals surface area contributed by atoms with Crippen molar-refractivity contribution in [2.75, 3.05) is 20.2 Å². The second-order valence-electron chi connectivity index (χ2n) is 6.91. The molecular weight excluding hydrogens is 376 g/mol. The number of hydrogen-bond donors (Lipinski definition) is 0. The summed E-state index contributed by atoms with van der Waals surface area (Å²) in [5.74, 6) is 0.698. The summed E-state index contributed by atoms with van der Waals surface area (Å²) in [5, 5.41) is 5.05. The molecule has 0 N–H and O–H groups in total.